The number of rotatable bonds is 7. The van der Waals surface area contributed by atoms with E-state index < -0.39 is 0 Å². The van der Waals surface area contributed by atoms with Crippen LogP contribution in [0, 0.1) is 0 Å². The van der Waals surface area contributed by atoms with Gasteiger partial charge in [-0.2, -0.15) is 0 Å². The van der Waals surface area contributed by atoms with Crippen LogP contribution in [0.1, 0.15) is 51.2 Å². The second-order valence-electron chi connectivity index (χ2n) is 7.88. The number of carbonyl (C=O) groups is 1. The Balaban J connectivity index is 1.76. The summed E-state index contributed by atoms with van der Waals surface area (Å²) >= 11 is 5.95. The quantitative estimate of drug-likeness (QED) is 0.575. The predicted molar refractivity (Wildman–Crippen MR) is 123 cm³/mol. The number of carbonyl (C=O) groups excluding carboxylic acids is 1. The molecule has 0 unspecified atom stereocenters. The topological polar surface area (TPSA) is 35.6 Å². The first-order valence-corrected chi connectivity index (χ1v) is 11.1. The van der Waals surface area contributed by atoms with Crippen LogP contribution in [0.5, 0.6) is 0 Å². The minimum Gasteiger partial charge on any atom is -0.371 e. The van der Waals surface area contributed by atoms with E-state index in [1.54, 1.807) is 12.1 Å². The number of nitrogens with zero attached hydrogens (tertiary/aromatic N) is 2. The Morgan fingerprint density at radius 1 is 1.21 bits per heavy atom. The third kappa shape index (κ3) is 5.45. The van der Waals surface area contributed by atoms with Gasteiger partial charge in [0.15, 0.2) is 0 Å². The molecule has 0 aliphatic carbocycles. The number of urea groups is 1. The molecule has 0 saturated carbocycles. The molecule has 1 aliphatic heterocycles. The highest BCUT2D eigenvalue weighted by Crippen LogP contribution is 2.29. The smallest absolute Gasteiger partial charge is 0.322 e. The van der Waals surface area contributed by atoms with Crippen molar-refractivity contribution in [2.24, 2.45) is 0 Å². The average molecular weight is 414 g/mol. The predicted octanol–water partition coefficient (Wildman–Crippen LogP) is 6.34. The van der Waals surface area contributed by atoms with Gasteiger partial charge in [0.25, 0.3) is 0 Å². The van der Waals surface area contributed by atoms with Crippen molar-refractivity contribution in [3.63, 3.8) is 0 Å². The summed E-state index contributed by atoms with van der Waals surface area (Å²) in [6.45, 7) is 9.30. The van der Waals surface area contributed by atoms with Gasteiger partial charge in [-0.05, 0) is 74.1 Å². The molecule has 0 saturated heterocycles. The molecular formula is C24H32ClN3O. The molecule has 0 bridgehead atoms. The highest BCUT2D eigenvalue weighted by Gasteiger charge is 2.21. The maximum atomic E-state index is 13.0. The summed E-state index contributed by atoms with van der Waals surface area (Å²) in [4.78, 5) is 17.4. The number of benzene rings is 2. The molecule has 0 radical (unpaired) electrons. The minimum absolute atomic E-state index is 0.0768. The number of anilines is 2. The van der Waals surface area contributed by atoms with E-state index in [2.05, 4.69) is 49.2 Å². The summed E-state index contributed by atoms with van der Waals surface area (Å²) in [6.07, 6.45) is 4.38. The standard InChI is InChI=1S/C24H32ClN3O/c1-4-14-27-15-6-7-20-16-19(8-13-23(20)27)17-28(18(3)5-2)24(29)26-22-11-9-21(25)10-12-22/h8-13,16,18H,4-7,14-15,17H2,1-3H3,(H,26,29)/t18-/m0/s1. The molecule has 2 aromatic rings. The molecule has 1 heterocycles. The molecule has 4 nitrogen and oxygen atoms in total. The molecule has 0 aromatic heterocycles. The lowest BCUT2D eigenvalue weighted by atomic mass is 9.98. The number of amides is 2. The Hall–Kier alpha value is -2.20. The molecule has 156 valence electrons. The van der Waals surface area contributed by atoms with E-state index in [0.29, 0.717) is 11.6 Å². The van der Waals surface area contributed by atoms with Crippen molar-refractivity contribution >= 4 is 29.0 Å². The Bertz CT molecular complexity index is 821. The van der Waals surface area contributed by atoms with Crippen LogP contribution >= 0.6 is 11.6 Å². The molecule has 0 fully saturated rings. The molecule has 2 aromatic carbocycles. The number of hydrogen-bond acceptors (Lipinski definition) is 2. The molecule has 5 heteroatoms. The number of halogens is 1. The van der Waals surface area contributed by atoms with Gasteiger partial charge in [-0.15, -0.1) is 0 Å². The van der Waals surface area contributed by atoms with Crippen LogP contribution in [0.15, 0.2) is 42.5 Å². The summed E-state index contributed by atoms with van der Waals surface area (Å²) in [7, 11) is 0. The Morgan fingerprint density at radius 3 is 2.66 bits per heavy atom. The van der Waals surface area contributed by atoms with Gasteiger partial charge >= 0.3 is 6.03 Å². The Morgan fingerprint density at radius 2 is 1.97 bits per heavy atom. The monoisotopic (exact) mass is 413 g/mol. The van der Waals surface area contributed by atoms with Crippen LogP contribution in [0.25, 0.3) is 0 Å². The van der Waals surface area contributed by atoms with Gasteiger partial charge in [0.2, 0.25) is 0 Å². The fourth-order valence-electron chi connectivity index (χ4n) is 3.90. The second kappa shape index (κ2) is 10.0. The molecular weight excluding hydrogens is 382 g/mol. The van der Waals surface area contributed by atoms with Gasteiger partial charge in [0, 0.05) is 42.1 Å². The van der Waals surface area contributed by atoms with E-state index in [1.807, 2.05) is 17.0 Å². The van der Waals surface area contributed by atoms with E-state index >= 15 is 0 Å². The maximum absolute atomic E-state index is 13.0. The van der Waals surface area contributed by atoms with E-state index in [4.69, 9.17) is 11.6 Å². The highest BCUT2D eigenvalue weighted by atomic mass is 35.5. The van der Waals surface area contributed by atoms with Crippen LogP contribution in [0.4, 0.5) is 16.2 Å². The molecule has 1 aliphatic rings. The summed E-state index contributed by atoms with van der Waals surface area (Å²) in [5.41, 5.74) is 4.72. The fraction of sp³-hybridized carbons (Fsp3) is 0.458. The van der Waals surface area contributed by atoms with Gasteiger partial charge in [0.05, 0.1) is 0 Å². The van der Waals surface area contributed by atoms with Gasteiger partial charge in [-0.25, -0.2) is 4.79 Å². The first-order chi connectivity index (χ1) is 14.0. The lowest BCUT2D eigenvalue weighted by molar-refractivity contribution is 0.187. The van der Waals surface area contributed by atoms with Crippen molar-refractivity contribution in [2.45, 2.75) is 59.0 Å². The third-order valence-corrected chi connectivity index (χ3v) is 5.94. The van der Waals surface area contributed by atoms with Crippen molar-refractivity contribution in [3.05, 3.63) is 58.6 Å². The second-order valence-corrected chi connectivity index (χ2v) is 8.31. The van der Waals surface area contributed by atoms with E-state index in [1.165, 1.54) is 23.2 Å². The number of nitrogens with one attached hydrogen (secondary N) is 1. The zero-order valence-corrected chi connectivity index (χ0v) is 18.5. The zero-order valence-electron chi connectivity index (χ0n) is 17.7. The lowest BCUT2D eigenvalue weighted by Crippen LogP contribution is -2.40. The van der Waals surface area contributed by atoms with Crippen LogP contribution in [-0.4, -0.2) is 30.1 Å². The molecule has 1 N–H and O–H groups in total. The number of aryl methyl sites for hydroxylation is 1. The fourth-order valence-corrected chi connectivity index (χ4v) is 4.03. The maximum Gasteiger partial charge on any atom is 0.322 e. The van der Waals surface area contributed by atoms with Gasteiger partial charge in [-0.3, -0.25) is 0 Å². The van der Waals surface area contributed by atoms with Gasteiger partial charge < -0.3 is 15.1 Å². The molecule has 0 spiro atoms. The van der Waals surface area contributed by atoms with Gasteiger partial charge in [0.1, 0.15) is 0 Å². The molecule has 29 heavy (non-hydrogen) atoms. The van der Waals surface area contributed by atoms with Crippen molar-refractivity contribution < 1.29 is 4.79 Å². The normalized spacial score (nSPS) is 14.3. The zero-order chi connectivity index (χ0) is 20.8. The number of hydrogen-bond donors (Lipinski definition) is 1. The first-order valence-electron chi connectivity index (χ1n) is 10.7. The molecule has 3 rings (SSSR count). The van der Waals surface area contributed by atoms with Crippen LogP contribution in [0.2, 0.25) is 5.02 Å². The van der Waals surface area contributed by atoms with E-state index in [0.717, 1.165) is 38.0 Å². The summed E-state index contributed by atoms with van der Waals surface area (Å²) in [5.74, 6) is 0. The number of fused-ring (bicyclic) bond motifs is 1. The highest BCUT2D eigenvalue weighted by molar-refractivity contribution is 6.30. The minimum atomic E-state index is -0.0768. The largest absolute Gasteiger partial charge is 0.371 e. The summed E-state index contributed by atoms with van der Waals surface area (Å²) in [5, 5.41) is 3.67. The van der Waals surface area contributed by atoms with Crippen molar-refractivity contribution in [2.75, 3.05) is 23.3 Å². The molecule has 2 amide bonds. The van der Waals surface area contributed by atoms with Crippen molar-refractivity contribution in [1.29, 1.82) is 0 Å². The van der Waals surface area contributed by atoms with E-state index in [9.17, 15) is 4.79 Å². The lowest BCUT2D eigenvalue weighted by Gasteiger charge is -2.32. The first kappa shape index (κ1) is 21.5. The van der Waals surface area contributed by atoms with Crippen LogP contribution in [0.3, 0.4) is 0 Å². The van der Waals surface area contributed by atoms with E-state index in [-0.39, 0.29) is 12.1 Å². The third-order valence-electron chi connectivity index (χ3n) is 5.68. The molecule has 1 atom stereocenters. The Kier molecular flexibility index (Phi) is 7.43. The SMILES string of the molecule is CCCN1CCCc2cc(CN(C(=O)Nc3ccc(Cl)cc3)[C@@H](C)CC)ccc21. The Labute approximate surface area is 179 Å². The summed E-state index contributed by atoms with van der Waals surface area (Å²) < 4.78 is 0. The summed E-state index contributed by atoms with van der Waals surface area (Å²) in [6, 6.07) is 14.0. The van der Waals surface area contributed by atoms with Crippen LogP contribution in [-0.2, 0) is 13.0 Å². The average Bonchev–Trinajstić information content (AvgIpc) is 2.73. The van der Waals surface area contributed by atoms with Crippen molar-refractivity contribution in [1.82, 2.24) is 4.90 Å². The van der Waals surface area contributed by atoms with Crippen molar-refractivity contribution in [3.8, 4) is 0 Å². The van der Waals surface area contributed by atoms with Gasteiger partial charge in [-0.1, -0.05) is 37.6 Å². The van der Waals surface area contributed by atoms with Crippen LogP contribution < -0.4 is 10.2 Å².